The van der Waals surface area contributed by atoms with Crippen molar-refractivity contribution in [3.8, 4) is 78.1 Å². The first-order chi connectivity index (χ1) is 68.7. The normalized spacial score (nSPS) is 11.8. The Labute approximate surface area is 822 Å². The number of hydrogen-bond acceptors (Lipinski definition) is 4. The SMILES string of the molecule is CCC(C)(C)c1ccc(-c2ccc(N(c3ccccc3)c3ccc4c(c3)c3ccccc3n4-c3ccc(-c4ccccc4)cc3)cc2)cc1.CCC(C)(C)c1cccc(N(c2ccc(-c3ccccc3)cc2)c2ccc(-c3ccccc3)cc2)c1.CCC(C)c1ccc(-c2ccc(N(c3ccccc3)c3ccc4c(c3)c3ccccc3n4-c3ccc(-c4cccc5c4oc4ccccc45)cc3)cc2)cc1. The van der Waals surface area contributed by atoms with Gasteiger partial charge >= 0.3 is 0 Å². The largest absolute Gasteiger partial charge is 0.455 e. The lowest BCUT2D eigenvalue weighted by Crippen LogP contribution is -2.17. The van der Waals surface area contributed by atoms with Crippen molar-refractivity contribution in [1.29, 1.82) is 0 Å². The molecule has 0 fully saturated rings. The molecule has 20 aromatic carbocycles. The van der Waals surface area contributed by atoms with Gasteiger partial charge in [-0.15, -0.1) is 0 Å². The summed E-state index contributed by atoms with van der Waals surface area (Å²) in [5.41, 5.74) is 37.9. The van der Waals surface area contributed by atoms with E-state index in [9.17, 15) is 0 Å². The van der Waals surface area contributed by atoms with Crippen molar-refractivity contribution in [2.75, 3.05) is 14.7 Å². The maximum absolute atomic E-state index is 6.38. The van der Waals surface area contributed by atoms with Crippen molar-refractivity contribution in [1.82, 2.24) is 9.13 Å². The average Bonchev–Trinajstić information content (AvgIpc) is 1.59. The van der Waals surface area contributed by atoms with Gasteiger partial charge in [0.15, 0.2) is 0 Å². The zero-order valence-corrected chi connectivity index (χ0v) is 80.7. The Morgan fingerprint density at radius 2 is 0.521 bits per heavy atom. The maximum atomic E-state index is 6.38. The van der Waals surface area contributed by atoms with Crippen molar-refractivity contribution in [2.24, 2.45) is 0 Å². The van der Waals surface area contributed by atoms with Gasteiger partial charge in [0, 0.05) is 100 Å². The van der Waals surface area contributed by atoms with E-state index in [1.165, 1.54) is 122 Å². The van der Waals surface area contributed by atoms with Crippen LogP contribution in [-0.2, 0) is 10.8 Å². The molecule has 1 unspecified atom stereocenters. The fourth-order valence-corrected chi connectivity index (χ4v) is 19.8. The minimum Gasteiger partial charge on any atom is -0.455 e. The van der Waals surface area contributed by atoms with Crippen LogP contribution in [0.4, 0.5) is 51.2 Å². The second-order valence-electron chi connectivity index (χ2n) is 38.0. The number of rotatable bonds is 23. The summed E-state index contributed by atoms with van der Waals surface area (Å²) < 4.78 is 11.2. The summed E-state index contributed by atoms with van der Waals surface area (Å²) in [7, 11) is 0. The van der Waals surface area contributed by atoms with Gasteiger partial charge in [-0.25, -0.2) is 0 Å². The van der Waals surface area contributed by atoms with E-state index >= 15 is 0 Å². The molecule has 0 spiro atoms. The zero-order valence-electron chi connectivity index (χ0n) is 80.7. The topological polar surface area (TPSA) is 32.7 Å². The van der Waals surface area contributed by atoms with Gasteiger partial charge in [-0.1, -0.05) is 389 Å². The van der Waals surface area contributed by atoms with Crippen molar-refractivity contribution >= 4 is 117 Å². The number of fused-ring (bicyclic) bond motifs is 9. The highest BCUT2D eigenvalue weighted by Crippen LogP contribution is 2.47. The van der Waals surface area contributed by atoms with E-state index < -0.39 is 0 Å². The van der Waals surface area contributed by atoms with E-state index in [4.69, 9.17) is 4.42 Å². The van der Waals surface area contributed by atoms with Crippen molar-refractivity contribution in [3.05, 3.63) is 514 Å². The lowest BCUT2D eigenvalue weighted by atomic mass is 9.82. The minimum atomic E-state index is 0.121. The van der Waals surface area contributed by atoms with Crippen LogP contribution in [0.2, 0.25) is 0 Å². The van der Waals surface area contributed by atoms with Gasteiger partial charge in [0.2, 0.25) is 0 Å². The molecule has 0 aliphatic heterocycles. The molecule has 0 saturated carbocycles. The summed E-state index contributed by atoms with van der Waals surface area (Å²) in [4.78, 5) is 7.07. The maximum Gasteiger partial charge on any atom is 0.143 e. The van der Waals surface area contributed by atoms with E-state index in [-0.39, 0.29) is 10.8 Å². The van der Waals surface area contributed by atoms with Crippen molar-refractivity contribution < 1.29 is 4.42 Å². The molecule has 0 aliphatic rings. The molecule has 23 aromatic rings. The smallest absolute Gasteiger partial charge is 0.143 e. The van der Waals surface area contributed by atoms with Gasteiger partial charge in [0.25, 0.3) is 0 Å². The summed E-state index contributed by atoms with van der Waals surface area (Å²) >= 11 is 0. The van der Waals surface area contributed by atoms with Crippen LogP contribution in [0.25, 0.3) is 144 Å². The third-order valence-corrected chi connectivity index (χ3v) is 28.7. The predicted octanol–water partition coefficient (Wildman–Crippen LogP) is 38.5. The fourth-order valence-electron chi connectivity index (χ4n) is 19.8. The van der Waals surface area contributed by atoms with Crippen LogP contribution in [-0.4, -0.2) is 9.13 Å². The Hall–Kier alpha value is -16.8. The number of furan rings is 1. The molecule has 3 aromatic heterocycles. The lowest BCUT2D eigenvalue weighted by molar-refractivity contribution is 0.506. The third-order valence-electron chi connectivity index (χ3n) is 28.7. The Morgan fingerprint density at radius 1 is 0.229 bits per heavy atom. The molecule has 0 saturated heterocycles. The fraction of sp³-hybridized carbons (Fsp3) is 0.104. The van der Waals surface area contributed by atoms with E-state index in [0.717, 1.165) is 109 Å². The first-order valence-electron chi connectivity index (χ1n) is 49.3. The quantitative estimate of drug-likeness (QED) is 0.0639. The molecule has 6 heteroatoms. The summed E-state index contributed by atoms with van der Waals surface area (Å²) in [6.07, 6.45) is 3.35. The number of para-hydroxylation sites is 6. The predicted molar refractivity (Wildman–Crippen MR) is 597 cm³/mol. The molecule has 6 nitrogen and oxygen atoms in total. The number of anilines is 9. The first kappa shape index (κ1) is 89.7. The average molecular weight is 1810 g/mol. The summed E-state index contributed by atoms with van der Waals surface area (Å²) in [6, 6.07) is 180. The van der Waals surface area contributed by atoms with Gasteiger partial charge in [-0.2, -0.15) is 0 Å². The monoisotopic (exact) mass is 1810 g/mol. The van der Waals surface area contributed by atoms with E-state index in [0.29, 0.717) is 5.92 Å². The molecule has 140 heavy (non-hydrogen) atoms. The molecule has 0 N–H and O–H groups in total. The van der Waals surface area contributed by atoms with Crippen LogP contribution in [0.15, 0.2) is 502 Å². The van der Waals surface area contributed by atoms with Gasteiger partial charge in [-0.3, -0.25) is 0 Å². The van der Waals surface area contributed by atoms with Crippen LogP contribution in [0.5, 0.6) is 0 Å². The Bertz CT molecular complexity index is 8130. The number of benzene rings is 20. The van der Waals surface area contributed by atoms with Crippen LogP contribution in [0.3, 0.4) is 0 Å². The zero-order chi connectivity index (χ0) is 95.2. The van der Waals surface area contributed by atoms with E-state index in [1.54, 1.807) is 0 Å². The summed E-state index contributed by atoms with van der Waals surface area (Å²) in [6.45, 7) is 18.3. The molecule has 0 aliphatic carbocycles. The molecule has 0 radical (unpaired) electrons. The first-order valence-corrected chi connectivity index (χ1v) is 49.3. The highest BCUT2D eigenvalue weighted by Gasteiger charge is 2.26. The minimum absolute atomic E-state index is 0.121. The Kier molecular flexibility index (Phi) is 25.3. The highest BCUT2D eigenvalue weighted by molar-refractivity contribution is 6.13. The van der Waals surface area contributed by atoms with Gasteiger partial charge in [-0.05, 0) is 278 Å². The van der Waals surface area contributed by atoms with Crippen LogP contribution < -0.4 is 14.7 Å². The summed E-state index contributed by atoms with van der Waals surface area (Å²) in [5, 5.41) is 7.19. The third kappa shape index (κ3) is 18.2. The number of hydrogen-bond donors (Lipinski definition) is 0. The van der Waals surface area contributed by atoms with Gasteiger partial charge < -0.3 is 28.3 Å². The molecular formula is C134H113N5O. The molecule has 680 valence electrons. The molecule has 0 amide bonds. The molecule has 3 heterocycles. The molecular weight excluding hydrogens is 1700 g/mol. The van der Waals surface area contributed by atoms with Crippen LogP contribution >= 0.6 is 0 Å². The number of nitrogens with zero attached hydrogens (tertiary/aromatic N) is 5. The standard InChI is InChI=1S/C52H40N2O.C47H40N2.C35H33N/c1-3-35(2)36-20-22-37(23-21-36)38-24-28-41(29-25-38)53(40-12-5-4-6-13-40)43-32-33-50-48(34-43)45-14-7-9-18-49(45)54(50)42-30-26-39(27-31-42)44-16-11-17-47-46-15-8-10-19-51(46)55-52(44)47;1-4-47(2,3)38-25-19-35(20-26-38)37-21-27-40(28-22-37)48(39-15-9-6-10-16-39)42-31-32-46-44(33-42)43-17-11-12-18-45(43)49(46)41-29-23-36(24-30-41)34-13-7-5-8-14-34;1-4-35(2,3)31-16-11-17-34(26-31)36(32-22-18-29(19-23-32)27-12-7-5-8-13-27)33-24-20-30(21-25-33)28-14-9-6-10-15-28/h4-35H,3H2,1-2H3;5-33H,4H2,1-3H3;5-26H,4H2,1-3H3. The van der Waals surface area contributed by atoms with Gasteiger partial charge in [0.1, 0.15) is 11.2 Å². The number of aromatic nitrogens is 2. The second-order valence-corrected chi connectivity index (χ2v) is 38.0. The van der Waals surface area contributed by atoms with Crippen molar-refractivity contribution in [3.63, 3.8) is 0 Å². The second kappa shape index (κ2) is 39.5. The Morgan fingerprint density at radius 3 is 0.929 bits per heavy atom. The molecule has 1 atom stereocenters. The van der Waals surface area contributed by atoms with Crippen LogP contribution in [0, 0.1) is 0 Å². The van der Waals surface area contributed by atoms with E-state index in [2.05, 4.69) is 565 Å². The van der Waals surface area contributed by atoms with Gasteiger partial charge in [0.05, 0.1) is 22.1 Å². The lowest BCUT2D eigenvalue weighted by Gasteiger charge is -2.29. The molecule has 0 bridgehead atoms. The Balaban J connectivity index is 0.000000127. The summed E-state index contributed by atoms with van der Waals surface area (Å²) in [5.74, 6) is 0.568. The van der Waals surface area contributed by atoms with Crippen molar-refractivity contribution in [2.45, 2.75) is 91.4 Å². The molecule has 23 rings (SSSR count). The highest BCUT2D eigenvalue weighted by atomic mass is 16.3. The van der Waals surface area contributed by atoms with E-state index in [1.807, 2.05) is 12.1 Å². The van der Waals surface area contributed by atoms with Crippen LogP contribution in [0.1, 0.15) is 97.3 Å².